The van der Waals surface area contributed by atoms with Crippen LogP contribution in [0.2, 0.25) is 0 Å². The van der Waals surface area contributed by atoms with Gasteiger partial charge in [0.05, 0.1) is 15.3 Å². The minimum atomic E-state index is -0.592. The van der Waals surface area contributed by atoms with Crippen LogP contribution in [0.4, 0.5) is 10.5 Å². The van der Waals surface area contributed by atoms with Gasteiger partial charge in [0.2, 0.25) is 0 Å². The number of nitrogens with one attached hydrogen (secondary N) is 1. The minimum Gasteiger partial charge on any atom is -0.444 e. The van der Waals surface area contributed by atoms with Gasteiger partial charge in [-0.25, -0.2) is 4.79 Å². The molecular formula is C16H20N2O3S. The Morgan fingerprint density at radius 2 is 2.09 bits per heavy atom. The molecule has 5 nitrogen and oxygen atoms in total. The maximum Gasteiger partial charge on any atom is 0.412 e. The minimum absolute atomic E-state index is 0.0229. The maximum absolute atomic E-state index is 12.3. The summed E-state index contributed by atoms with van der Waals surface area (Å²) in [6, 6.07) is 1.79. The molecule has 22 heavy (non-hydrogen) atoms. The molecular weight excluding hydrogens is 300 g/mol. The van der Waals surface area contributed by atoms with Gasteiger partial charge in [-0.1, -0.05) is 6.92 Å². The van der Waals surface area contributed by atoms with Crippen molar-refractivity contribution < 1.29 is 14.3 Å². The van der Waals surface area contributed by atoms with Crippen LogP contribution < -0.4 is 5.32 Å². The molecule has 0 bridgehead atoms. The molecule has 2 heterocycles. The average molecular weight is 320 g/mol. The highest BCUT2D eigenvalue weighted by atomic mass is 32.1. The zero-order valence-corrected chi connectivity index (χ0v) is 14.0. The predicted molar refractivity (Wildman–Crippen MR) is 88.7 cm³/mol. The number of amides is 1. The van der Waals surface area contributed by atoms with E-state index in [0.717, 1.165) is 16.5 Å². The molecule has 0 saturated carbocycles. The molecule has 0 atom stereocenters. The van der Waals surface area contributed by atoms with E-state index in [0.29, 0.717) is 17.0 Å². The Balaban J connectivity index is 2.39. The summed E-state index contributed by atoms with van der Waals surface area (Å²) >= 11 is 1.35. The molecule has 0 aliphatic carbocycles. The topological polar surface area (TPSA) is 68.3 Å². The fourth-order valence-electron chi connectivity index (χ4n) is 2.02. The molecule has 6 heteroatoms. The van der Waals surface area contributed by atoms with Gasteiger partial charge in [0.1, 0.15) is 5.60 Å². The lowest BCUT2D eigenvalue weighted by molar-refractivity contribution is 0.0636. The normalized spacial score (nSPS) is 11.5. The van der Waals surface area contributed by atoms with Gasteiger partial charge >= 0.3 is 6.09 Å². The third-order valence-electron chi connectivity index (χ3n) is 2.85. The molecule has 0 radical (unpaired) electrons. The Bertz CT molecular complexity index is 701. The van der Waals surface area contributed by atoms with E-state index >= 15 is 0 Å². The summed E-state index contributed by atoms with van der Waals surface area (Å²) in [5, 5.41) is 3.54. The molecule has 0 saturated heterocycles. The van der Waals surface area contributed by atoms with E-state index in [1.54, 1.807) is 39.2 Å². The van der Waals surface area contributed by atoms with E-state index in [2.05, 4.69) is 10.3 Å². The summed E-state index contributed by atoms with van der Waals surface area (Å²) in [7, 11) is 0. The molecule has 1 N–H and O–H groups in total. The van der Waals surface area contributed by atoms with Crippen LogP contribution in [0.15, 0.2) is 18.5 Å². The van der Waals surface area contributed by atoms with Gasteiger partial charge in [-0.2, -0.15) is 0 Å². The van der Waals surface area contributed by atoms with Gasteiger partial charge < -0.3 is 4.74 Å². The zero-order valence-electron chi connectivity index (χ0n) is 13.2. The zero-order chi connectivity index (χ0) is 16.3. The first-order valence-electron chi connectivity index (χ1n) is 7.21. The van der Waals surface area contributed by atoms with Crippen LogP contribution in [0.1, 0.15) is 50.2 Å². The summed E-state index contributed by atoms with van der Waals surface area (Å²) in [5.41, 5.74) is -0.0690. The number of hydrogen-bond donors (Lipinski definition) is 1. The van der Waals surface area contributed by atoms with Gasteiger partial charge in [-0.3, -0.25) is 15.1 Å². The number of Topliss-reactive ketones (excluding diaryl/α,β-unsaturated/α-hetero) is 1. The summed E-state index contributed by atoms with van der Waals surface area (Å²) in [4.78, 5) is 29.0. The van der Waals surface area contributed by atoms with E-state index in [-0.39, 0.29) is 5.78 Å². The molecule has 0 unspecified atom stereocenters. The van der Waals surface area contributed by atoms with Crippen molar-refractivity contribution in [3.05, 3.63) is 23.3 Å². The summed E-state index contributed by atoms with van der Waals surface area (Å²) in [6.45, 7) is 7.34. The molecule has 0 spiro atoms. The molecule has 118 valence electrons. The number of anilines is 1. The number of ketones is 1. The van der Waals surface area contributed by atoms with Gasteiger partial charge in [-0.15, -0.1) is 11.3 Å². The second-order valence-corrected chi connectivity index (χ2v) is 7.03. The lowest BCUT2D eigenvalue weighted by atomic mass is 10.1. The number of ether oxygens (including phenoxy) is 1. The highest BCUT2D eigenvalue weighted by molar-refractivity contribution is 7.21. The summed E-state index contributed by atoms with van der Waals surface area (Å²) in [6.07, 6.45) is 3.99. The van der Waals surface area contributed by atoms with Gasteiger partial charge in [0, 0.05) is 24.2 Å². The molecule has 2 rings (SSSR count). The molecule has 1 amide bonds. The predicted octanol–water partition coefficient (Wildman–Crippen LogP) is 4.63. The van der Waals surface area contributed by atoms with Crippen LogP contribution >= 0.6 is 11.3 Å². The highest BCUT2D eigenvalue weighted by Crippen LogP contribution is 2.36. The van der Waals surface area contributed by atoms with Crippen LogP contribution in [0.5, 0.6) is 0 Å². The van der Waals surface area contributed by atoms with Crippen molar-refractivity contribution in [2.75, 3.05) is 5.32 Å². The Labute approximate surface area is 133 Å². The molecule has 0 aliphatic heterocycles. The lowest BCUT2D eigenvalue weighted by Crippen LogP contribution is -2.27. The largest absolute Gasteiger partial charge is 0.444 e. The number of aromatic nitrogens is 1. The number of thiophene rings is 1. The van der Waals surface area contributed by atoms with Crippen LogP contribution in [0.3, 0.4) is 0 Å². The standard InChI is InChI=1S/C16H20N2O3S/c1-5-6-11(19)14-13(18-15(20)21-16(2,3)4)10-7-8-17-9-12(10)22-14/h7-9H,5-6H2,1-4H3,(H,18,20). The molecule has 2 aromatic rings. The second-order valence-electron chi connectivity index (χ2n) is 5.98. The van der Waals surface area contributed by atoms with Crippen LogP contribution in [-0.4, -0.2) is 22.5 Å². The number of nitrogens with zero attached hydrogens (tertiary/aromatic N) is 1. The quantitative estimate of drug-likeness (QED) is 0.834. The van der Waals surface area contributed by atoms with Crippen molar-refractivity contribution in [2.45, 2.75) is 46.1 Å². The number of carbonyl (C=O) groups excluding carboxylic acids is 2. The molecule has 0 aromatic carbocycles. The first-order chi connectivity index (χ1) is 10.3. The van der Waals surface area contributed by atoms with Crippen molar-refractivity contribution in [3.63, 3.8) is 0 Å². The number of fused-ring (bicyclic) bond motifs is 1. The van der Waals surface area contributed by atoms with Crippen LogP contribution in [-0.2, 0) is 4.74 Å². The van der Waals surface area contributed by atoms with Gasteiger partial charge in [0.15, 0.2) is 5.78 Å². The fourth-order valence-corrected chi connectivity index (χ4v) is 3.11. The maximum atomic E-state index is 12.3. The number of carbonyl (C=O) groups is 2. The van der Waals surface area contributed by atoms with Crippen molar-refractivity contribution in [1.29, 1.82) is 0 Å². The first-order valence-corrected chi connectivity index (χ1v) is 8.03. The SMILES string of the molecule is CCCC(=O)c1sc2cnccc2c1NC(=O)OC(C)(C)C. The Kier molecular flexibility index (Phi) is 4.81. The number of pyridine rings is 1. The van der Waals surface area contributed by atoms with E-state index in [1.165, 1.54) is 11.3 Å². The third-order valence-corrected chi connectivity index (χ3v) is 4.03. The fraction of sp³-hybridized carbons (Fsp3) is 0.438. The van der Waals surface area contributed by atoms with Gasteiger partial charge in [-0.05, 0) is 33.3 Å². The molecule has 2 aromatic heterocycles. The highest BCUT2D eigenvalue weighted by Gasteiger charge is 2.22. The molecule has 0 aliphatic rings. The van der Waals surface area contributed by atoms with Crippen molar-refractivity contribution in [3.8, 4) is 0 Å². The third kappa shape index (κ3) is 3.82. The van der Waals surface area contributed by atoms with Crippen molar-refractivity contribution in [1.82, 2.24) is 4.98 Å². The van der Waals surface area contributed by atoms with Crippen LogP contribution in [0, 0.1) is 0 Å². The lowest BCUT2D eigenvalue weighted by Gasteiger charge is -2.19. The average Bonchev–Trinajstić information content (AvgIpc) is 2.76. The Morgan fingerprint density at radius 1 is 1.36 bits per heavy atom. The Morgan fingerprint density at radius 3 is 2.73 bits per heavy atom. The van der Waals surface area contributed by atoms with E-state index in [4.69, 9.17) is 4.74 Å². The summed E-state index contributed by atoms with van der Waals surface area (Å²) in [5.74, 6) is 0.0229. The monoisotopic (exact) mass is 320 g/mol. The Hall–Kier alpha value is -1.95. The van der Waals surface area contributed by atoms with E-state index in [1.807, 2.05) is 6.92 Å². The van der Waals surface area contributed by atoms with Gasteiger partial charge in [0.25, 0.3) is 0 Å². The van der Waals surface area contributed by atoms with E-state index < -0.39 is 11.7 Å². The number of rotatable bonds is 4. The molecule has 0 fully saturated rings. The van der Waals surface area contributed by atoms with Crippen molar-refractivity contribution in [2.24, 2.45) is 0 Å². The first kappa shape index (κ1) is 16.4. The smallest absolute Gasteiger partial charge is 0.412 e. The van der Waals surface area contributed by atoms with Crippen LogP contribution in [0.25, 0.3) is 10.1 Å². The van der Waals surface area contributed by atoms with E-state index in [9.17, 15) is 9.59 Å². The summed E-state index contributed by atoms with van der Waals surface area (Å²) < 4.78 is 6.15. The number of hydrogen-bond acceptors (Lipinski definition) is 5. The van der Waals surface area contributed by atoms with Crippen molar-refractivity contribution >= 4 is 39.0 Å². The second kappa shape index (κ2) is 6.44.